The Morgan fingerprint density at radius 1 is 1.35 bits per heavy atom. The van der Waals surface area contributed by atoms with Gasteiger partial charge in [0.05, 0.1) is 0 Å². The van der Waals surface area contributed by atoms with E-state index in [-0.39, 0.29) is 18.3 Å². The maximum absolute atomic E-state index is 12.2. The molecular formula is C16H23ClN2O3S. The molecule has 0 spiro atoms. The van der Waals surface area contributed by atoms with Gasteiger partial charge in [0, 0.05) is 36.7 Å². The summed E-state index contributed by atoms with van der Waals surface area (Å²) in [6, 6.07) is 6.31. The molecule has 23 heavy (non-hydrogen) atoms. The first-order valence-corrected chi connectivity index (χ1v) is 8.71. The van der Waals surface area contributed by atoms with E-state index < -0.39 is 0 Å². The third kappa shape index (κ3) is 4.68. The number of hydrogen-bond acceptors (Lipinski definition) is 5. The molecule has 1 saturated heterocycles. The summed E-state index contributed by atoms with van der Waals surface area (Å²) in [5.41, 5.74) is 0. The van der Waals surface area contributed by atoms with Crippen molar-refractivity contribution in [2.24, 2.45) is 0 Å². The second-order valence-corrected chi connectivity index (χ2v) is 6.72. The average Bonchev–Trinajstić information content (AvgIpc) is 3.08. The van der Waals surface area contributed by atoms with Gasteiger partial charge in [-0.3, -0.25) is 4.79 Å². The first kappa shape index (κ1) is 18.2. The van der Waals surface area contributed by atoms with Crippen molar-refractivity contribution in [2.45, 2.75) is 23.8 Å². The van der Waals surface area contributed by atoms with Crippen molar-refractivity contribution in [1.29, 1.82) is 0 Å². The molecule has 1 atom stereocenters. The molecule has 2 heterocycles. The number of benzene rings is 1. The minimum atomic E-state index is 0. The number of rotatable bonds is 5. The SMILES string of the molecule is CN(C(=O)CCSc1ccc2c(c1)OCCO2)C1CCNC1.Cl. The van der Waals surface area contributed by atoms with Gasteiger partial charge in [-0.05, 0) is 31.2 Å². The van der Waals surface area contributed by atoms with Crippen LogP contribution in [0.25, 0.3) is 0 Å². The van der Waals surface area contributed by atoms with E-state index >= 15 is 0 Å². The van der Waals surface area contributed by atoms with E-state index in [1.165, 1.54) is 0 Å². The fraction of sp³-hybridized carbons (Fsp3) is 0.562. The summed E-state index contributed by atoms with van der Waals surface area (Å²) in [6.45, 7) is 3.13. The number of nitrogens with one attached hydrogen (secondary N) is 1. The van der Waals surface area contributed by atoms with E-state index in [1.54, 1.807) is 11.8 Å². The lowest BCUT2D eigenvalue weighted by Gasteiger charge is -2.23. The van der Waals surface area contributed by atoms with Crippen molar-refractivity contribution in [3.63, 3.8) is 0 Å². The minimum Gasteiger partial charge on any atom is -0.486 e. The molecule has 1 unspecified atom stereocenters. The molecule has 1 aromatic rings. The van der Waals surface area contributed by atoms with Crippen LogP contribution in [0.3, 0.4) is 0 Å². The summed E-state index contributed by atoms with van der Waals surface area (Å²) in [5, 5.41) is 3.29. The summed E-state index contributed by atoms with van der Waals surface area (Å²) in [7, 11) is 1.91. The molecule has 128 valence electrons. The normalized spacial score (nSPS) is 19.1. The van der Waals surface area contributed by atoms with Gasteiger partial charge in [0.2, 0.25) is 5.91 Å². The Hall–Kier alpha value is -1.11. The molecule has 1 fully saturated rings. The van der Waals surface area contributed by atoms with Gasteiger partial charge in [-0.1, -0.05) is 0 Å². The highest BCUT2D eigenvalue weighted by molar-refractivity contribution is 7.99. The number of ether oxygens (including phenoxy) is 2. The number of likely N-dealkylation sites (N-methyl/N-ethyl adjacent to an activating group) is 1. The molecule has 1 aromatic carbocycles. The van der Waals surface area contributed by atoms with Gasteiger partial charge < -0.3 is 19.7 Å². The molecule has 0 bridgehead atoms. The largest absolute Gasteiger partial charge is 0.486 e. The minimum absolute atomic E-state index is 0. The quantitative estimate of drug-likeness (QED) is 0.818. The van der Waals surface area contributed by atoms with Gasteiger partial charge in [0.15, 0.2) is 11.5 Å². The van der Waals surface area contributed by atoms with E-state index in [0.29, 0.717) is 25.7 Å². The summed E-state index contributed by atoms with van der Waals surface area (Å²) in [6.07, 6.45) is 1.61. The highest BCUT2D eigenvalue weighted by atomic mass is 35.5. The predicted molar refractivity (Wildman–Crippen MR) is 94.1 cm³/mol. The number of carbonyl (C=O) groups is 1. The molecule has 0 saturated carbocycles. The zero-order valence-corrected chi connectivity index (χ0v) is 14.9. The van der Waals surface area contributed by atoms with Crippen LogP contribution in [-0.4, -0.2) is 56.0 Å². The average molecular weight is 359 g/mol. The van der Waals surface area contributed by atoms with Gasteiger partial charge >= 0.3 is 0 Å². The Kier molecular flexibility index (Phi) is 6.87. The van der Waals surface area contributed by atoms with Crippen LogP contribution < -0.4 is 14.8 Å². The maximum atomic E-state index is 12.2. The van der Waals surface area contributed by atoms with Crippen LogP contribution in [0.4, 0.5) is 0 Å². The lowest BCUT2D eigenvalue weighted by Crippen LogP contribution is -2.38. The molecule has 1 amide bonds. The summed E-state index contributed by atoms with van der Waals surface area (Å²) >= 11 is 1.68. The third-order valence-corrected chi connectivity index (χ3v) is 5.07. The number of thioether (sulfide) groups is 1. The van der Waals surface area contributed by atoms with Gasteiger partial charge in [0.1, 0.15) is 13.2 Å². The number of halogens is 1. The van der Waals surface area contributed by atoms with Crippen molar-refractivity contribution in [3.8, 4) is 11.5 Å². The monoisotopic (exact) mass is 358 g/mol. The third-order valence-electron chi connectivity index (χ3n) is 4.07. The van der Waals surface area contributed by atoms with Gasteiger partial charge in [-0.2, -0.15) is 0 Å². The van der Waals surface area contributed by atoms with Gasteiger partial charge in [-0.15, -0.1) is 24.2 Å². The van der Waals surface area contributed by atoms with Crippen molar-refractivity contribution >= 4 is 30.1 Å². The molecular weight excluding hydrogens is 336 g/mol. The Bertz CT molecular complexity index is 538. The zero-order valence-electron chi connectivity index (χ0n) is 13.2. The van der Waals surface area contributed by atoms with Crippen molar-refractivity contribution in [1.82, 2.24) is 10.2 Å². The van der Waals surface area contributed by atoms with Crippen LogP contribution in [0.2, 0.25) is 0 Å². The second-order valence-electron chi connectivity index (χ2n) is 5.56. The Morgan fingerprint density at radius 3 is 2.87 bits per heavy atom. The number of amides is 1. The van der Waals surface area contributed by atoms with Crippen LogP contribution >= 0.6 is 24.2 Å². The van der Waals surface area contributed by atoms with E-state index in [4.69, 9.17) is 9.47 Å². The molecule has 0 radical (unpaired) electrons. The maximum Gasteiger partial charge on any atom is 0.223 e. The molecule has 1 N–H and O–H groups in total. The first-order chi connectivity index (χ1) is 10.7. The van der Waals surface area contributed by atoms with Crippen molar-refractivity contribution < 1.29 is 14.3 Å². The molecule has 2 aliphatic rings. The lowest BCUT2D eigenvalue weighted by atomic mass is 10.2. The van der Waals surface area contributed by atoms with E-state index in [0.717, 1.165) is 41.7 Å². The molecule has 5 nitrogen and oxygen atoms in total. The van der Waals surface area contributed by atoms with E-state index in [1.807, 2.05) is 30.1 Å². The molecule has 0 aliphatic carbocycles. The fourth-order valence-corrected chi connectivity index (χ4v) is 3.59. The standard InChI is InChI=1S/C16H22N2O3S.ClH/c1-18(12-4-6-17-11-12)16(19)5-9-22-13-2-3-14-15(10-13)21-8-7-20-14;/h2-3,10,12,17H,4-9,11H2,1H3;1H. The number of fused-ring (bicyclic) bond motifs is 1. The highest BCUT2D eigenvalue weighted by Gasteiger charge is 2.22. The topological polar surface area (TPSA) is 50.8 Å². The van der Waals surface area contributed by atoms with Gasteiger partial charge in [-0.25, -0.2) is 0 Å². The fourth-order valence-electron chi connectivity index (χ4n) is 2.72. The van der Waals surface area contributed by atoms with Crippen LogP contribution in [0, 0.1) is 0 Å². The van der Waals surface area contributed by atoms with Crippen LogP contribution in [-0.2, 0) is 4.79 Å². The number of nitrogens with zero attached hydrogens (tertiary/aromatic N) is 1. The zero-order chi connectivity index (χ0) is 15.4. The second kappa shape index (κ2) is 8.66. The van der Waals surface area contributed by atoms with E-state index in [9.17, 15) is 4.79 Å². The molecule has 7 heteroatoms. The highest BCUT2D eigenvalue weighted by Crippen LogP contribution is 2.34. The number of carbonyl (C=O) groups excluding carboxylic acids is 1. The Labute approximate surface area is 147 Å². The number of hydrogen-bond donors (Lipinski definition) is 1. The van der Waals surface area contributed by atoms with E-state index in [2.05, 4.69) is 5.32 Å². The lowest BCUT2D eigenvalue weighted by molar-refractivity contribution is -0.131. The molecule has 0 aromatic heterocycles. The summed E-state index contributed by atoms with van der Waals surface area (Å²) in [5.74, 6) is 2.61. The Balaban J connectivity index is 0.00000192. The molecule has 2 aliphatic heterocycles. The van der Waals surface area contributed by atoms with Crippen LogP contribution in [0.5, 0.6) is 11.5 Å². The van der Waals surface area contributed by atoms with Crippen LogP contribution in [0.1, 0.15) is 12.8 Å². The van der Waals surface area contributed by atoms with Crippen LogP contribution in [0.15, 0.2) is 23.1 Å². The van der Waals surface area contributed by atoms with Crippen molar-refractivity contribution in [2.75, 3.05) is 39.1 Å². The molecule has 3 rings (SSSR count). The van der Waals surface area contributed by atoms with Crippen molar-refractivity contribution in [3.05, 3.63) is 18.2 Å². The Morgan fingerprint density at radius 2 is 2.13 bits per heavy atom. The first-order valence-electron chi connectivity index (χ1n) is 7.73. The smallest absolute Gasteiger partial charge is 0.223 e. The summed E-state index contributed by atoms with van der Waals surface area (Å²) in [4.78, 5) is 15.2. The summed E-state index contributed by atoms with van der Waals surface area (Å²) < 4.78 is 11.1. The predicted octanol–water partition coefficient (Wildman–Crippen LogP) is 2.18. The van der Waals surface area contributed by atoms with Gasteiger partial charge in [0.25, 0.3) is 0 Å².